The van der Waals surface area contributed by atoms with Crippen LogP contribution in [0.4, 0.5) is 19.0 Å². The summed E-state index contributed by atoms with van der Waals surface area (Å²) in [5.41, 5.74) is -0.853. The van der Waals surface area contributed by atoms with Gasteiger partial charge in [-0.25, -0.2) is 4.98 Å². The van der Waals surface area contributed by atoms with Crippen molar-refractivity contribution >= 4 is 17.4 Å². The van der Waals surface area contributed by atoms with E-state index in [4.69, 9.17) is 16.3 Å². The van der Waals surface area contributed by atoms with Gasteiger partial charge in [0.25, 0.3) is 0 Å². The first-order chi connectivity index (χ1) is 8.38. The van der Waals surface area contributed by atoms with Crippen LogP contribution in [0, 0.1) is 0 Å². The van der Waals surface area contributed by atoms with Gasteiger partial charge >= 0.3 is 6.18 Å². The second-order valence-electron chi connectivity index (χ2n) is 4.17. The van der Waals surface area contributed by atoms with Crippen LogP contribution in [0.1, 0.15) is 18.9 Å². The first-order valence-corrected chi connectivity index (χ1v) is 5.86. The van der Waals surface area contributed by atoms with E-state index in [1.807, 2.05) is 6.92 Å². The Bertz CT molecular complexity index is 439. The highest BCUT2D eigenvalue weighted by molar-refractivity contribution is 6.33. The monoisotopic (exact) mass is 280 g/mol. The highest BCUT2D eigenvalue weighted by Gasteiger charge is 2.32. The number of hydrogen-bond donors (Lipinski definition) is 1. The Morgan fingerprint density at radius 1 is 1.50 bits per heavy atom. The zero-order valence-corrected chi connectivity index (χ0v) is 10.3. The summed E-state index contributed by atoms with van der Waals surface area (Å²) in [5, 5.41) is 2.96. The average molecular weight is 281 g/mol. The van der Waals surface area contributed by atoms with Crippen molar-refractivity contribution < 1.29 is 17.9 Å². The number of rotatable bonds is 2. The molecule has 2 heterocycles. The van der Waals surface area contributed by atoms with Crippen molar-refractivity contribution in [2.45, 2.75) is 31.7 Å². The molecule has 0 bridgehead atoms. The van der Waals surface area contributed by atoms with Crippen LogP contribution in [0.2, 0.25) is 5.02 Å². The van der Waals surface area contributed by atoms with Crippen molar-refractivity contribution in [1.29, 1.82) is 0 Å². The first kappa shape index (κ1) is 13.4. The Labute approximate surface area is 107 Å². The summed E-state index contributed by atoms with van der Waals surface area (Å²) < 4.78 is 42.6. The number of anilines is 1. The molecule has 2 rings (SSSR count). The SMILES string of the molecule is CC1OCCC1Nc1ncc(C(F)(F)F)cc1Cl. The van der Waals surface area contributed by atoms with Gasteiger partial charge in [0.05, 0.1) is 22.7 Å². The van der Waals surface area contributed by atoms with E-state index in [9.17, 15) is 13.2 Å². The summed E-state index contributed by atoms with van der Waals surface area (Å²) in [4.78, 5) is 3.72. The first-order valence-electron chi connectivity index (χ1n) is 5.49. The number of alkyl halides is 3. The number of halogens is 4. The van der Waals surface area contributed by atoms with E-state index >= 15 is 0 Å². The molecule has 3 nitrogen and oxygen atoms in total. The number of pyridine rings is 1. The fraction of sp³-hybridized carbons (Fsp3) is 0.545. The van der Waals surface area contributed by atoms with Gasteiger partial charge in [0, 0.05) is 12.8 Å². The van der Waals surface area contributed by atoms with Gasteiger partial charge in [0.15, 0.2) is 0 Å². The van der Waals surface area contributed by atoms with Gasteiger partial charge in [-0.15, -0.1) is 0 Å². The smallest absolute Gasteiger partial charge is 0.376 e. The Hall–Kier alpha value is -1.01. The molecule has 1 aliphatic heterocycles. The molecule has 1 aromatic heterocycles. The maximum absolute atomic E-state index is 12.4. The largest absolute Gasteiger partial charge is 0.417 e. The molecular weight excluding hydrogens is 269 g/mol. The molecule has 1 saturated heterocycles. The van der Waals surface area contributed by atoms with Crippen LogP contribution in [0.15, 0.2) is 12.3 Å². The standard InChI is InChI=1S/C11H12ClF3N2O/c1-6-9(2-3-18-6)17-10-8(12)4-7(5-16-10)11(13,14)15/h4-6,9H,2-3H2,1H3,(H,16,17). The van der Waals surface area contributed by atoms with Crippen molar-refractivity contribution in [1.82, 2.24) is 4.98 Å². The minimum atomic E-state index is -4.43. The zero-order valence-electron chi connectivity index (χ0n) is 9.59. The van der Waals surface area contributed by atoms with E-state index in [-0.39, 0.29) is 23.0 Å². The summed E-state index contributed by atoms with van der Waals surface area (Å²) in [6, 6.07) is 0.893. The third-order valence-corrected chi connectivity index (χ3v) is 3.15. The van der Waals surface area contributed by atoms with E-state index in [1.54, 1.807) is 0 Å². The molecule has 0 saturated carbocycles. The number of aromatic nitrogens is 1. The Morgan fingerprint density at radius 3 is 2.72 bits per heavy atom. The Kier molecular flexibility index (Phi) is 3.68. The predicted octanol–water partition coefficient (Wildman–Crippen LogP) is 3.34. The highest BCUT2D eigenvalue weighted by atomic mass is 35.5. The van der Waals surface area contributed by atoms with Crippen molar-refractivity contribution in [3.8, 4) is 0 Å². The third kappa shape index (κ3) is 2.87. The van der Waals surface area contributed by atoms with Gasteiger partial charge < -0.3 is 10.1 Å². The van der Waals surface area contributed by atoms with E-state index in [1.165, 1.54) is 0 Å². The van der Waals surface area contributed by atoms with Crippen molar-refractivity contribution in [3.63, 3.8) is 0 Å². The molecule has 0 amide bonds. The van der Waals surface area contributed by atoms with Gasteiger partial charge in [-0.3, -0.25) is 0 Å². The summed E-state index contributed by atoms with van der Waals surface area (Å²) in [6.07, 6.45) is -2.89. The van der Waals surface area contributed by atoms with Gasteiger partial charge in [-0.1, -0.05) is 11.6 Å². The maximum atomic E-state index is 12.4. The summed E-state index contributed by atoms with van der Waals surface area (Å²) in [6.45, 7) is 2.51. The Balaban J connectivity index is 2.15. The molecule has 0 aliphatic carbocycles. The second-order valence-corrected chi connectivity index (χ2v) is 4.57. The van der Waals surface area contributed by atoms with Crippen LogP contribution in [-0.4, -0.2) is 23.7 Å². The van der Waals surface area contributed by atoms with Crippen molar-refractivity contribution in [2.75, 3.05) is 11.9 Å². The molecule has 0 spiro atoms. The lowest BCUT2D eigenvalue weighted by molar-refractivity contribution is -0.137. The maximum Gasteiger partial charge on any atom is 0.417 e. The topological polar surface area (TPSA) is 34.1 Å². The van der Waals surface area contributed by atoms with Crippen LogP contribution in [-0.2, 0) is 10.9 Å². The van der Waals surface area contributed by atoms with Gasteiger partial charge in [-0.2, -0.15) is 13.2 Å². The zero-order chi connectivity index (χ0) is 13.3. The van der Waals surface area contributed by atoms with Crippen molar-refractivity contribution in [2.24, 2.45) is 0 Å². The molecule has 2 atom stereocenters. The third-order valence-electron chi connectivity index (χ3n) is 2.87. The fourth-order valence-corrected chi connectivity index (χ4v) is 2.02. The van der Waals surface area contributed by atoms with Crippen molar-refractivity contribution in [3.05, 3.63) is 22.8 Å². The van der Waals surface area contributed by atoms with E-state index in [0.717, 1.165) is 18.7 Å². The molecule has 18 heavy (non-hydrogen) atoms. The summed E-state index contributed by atoms with van der Waals surface area (Å²) in [5.74, 6) is 0.256. The highest BCUT2D eigenvalue weighted by Crippen LogP contribution is 2.33. The second kappa shape index (κ2) is 4.93. The van der Waals surface area contributed by atoms with E-state index < -0.39 is 11.7 Å². The quantitative estimate of drug-likeness (QED) is 0.902. The van der Waals surface area contributed by atoms with Crippen LogP contribution < -0.4 is 5.32 Å². The molecule has 7 heteroatoms. The average Bonchev–Trinajstić information content (AvgIpc) is 2.66. The lowest BCUT2D eigenvalue weighted by atomic mass is 10.1. The van der Waals surface area contributed by atoms with Crippen LogP contribution in [0.5, 0.6) is 0 Å². The van der Waals surface area contributed by atoms with Crippen LogP contribution >= 0.6 is 11.6 Å². The number of hydrogen-bond acceptors (Lipinski definition) is 3. The molecule has 0 radical (unpaired) electrons. The van der Waals surface area contributed by atoms with Crippen LogP contribution in [0.25, 0.3) is 0 Å². The van der Waals surface area contributed by atoms with Gasteiger partial charge in [-0.05, 0) is 19.4 Å². The van der Waals surface area contributed by atoms with Gasteiger partial charge in [0.2, 0.25) is 0 Å². The summed E-state index contributed by atoms with van der Waals surface area (Å²) in [7, 11) is 0. The molecule has 1 N–H and O–H groups in total. The molecule has 1 fully saturated rings. The molecular formula is C11H12ClF3N2O. The lowest BCUT2D eigenvalue weighted by Crippen LogP contribution is -2.27. The number of ether oxygens (including phenoxy) is 1. The lowest BCUT2D eigenvalue weighted by Gasteiger charge is -2.18. The fourth-order valence-electron chi connectivity index (χ4n) is 1.80. The van der Waals surface area contributed by atoms with E-state index in [0.29, 0.717) is 6.61 Å². The molecule has 1 aliphatic rings. The number of nitrogens with zero attached hydrogens (tertiary/aromatic N) is 1. The Morgan fingerprint density at radius 2 is 2.22 bits per heavy atom. The molecule has 1 aromatic rings. The molecule has 100 valence electrons. The van der Waals surface area contributed by atoms with Crippen LogP contribution in [0.3, 0.4) is 0 Å². The predicted molar refractivity (Wildman–Crippen MR) is 61.7 cm³/mol. The van der Waals surface area contributed by atoms with E-state index in [2.05, 4.69) is 10.3 Å². The van der Waals surface area contributed by atoms with Gasteiger partial charge in [0.1, 0.15) is 5.82 Å². The summed E-state index contributed by atoms with van der Waals surface area (Å²) >= 11 is 5.80. The minimum absolute atomic E-state index is 0.00911. The normalized spacial score (nSPS) is 24.3. The molecule has 2 unspecified atom stereocenters. The minimum Gasteiger partial charge on any atom is -0.376 e. The molecule has 0 aromatic carbocycles. The number of nitrogens with one attached hydrogen (secondary N) is 1.